The number of likely N-dealkylation sites (tertiary alicyclic amines) is 1. The van der Waals surface area contributed by atoms with E-state index < -0.39 is 29.0 Å². The van der Waals surface area contributed by atoms with Gasteiger partial charge in [0.05, 0.1) is 16.8 Å². The Hall–Kier alpha value is -3.20. The molecule has 2 aromatic rings. The fourth-order valence-corrected chi connectivity index (χ4v) is 5.49. The maximum Gasteiger partial charge on any atom is 0.416 e. The van der Waals surface area contributed by atoms with Crippen LogP contribution in [0.15, 0.2) is 35.3 Å². The third-order valence-electron chi connectivity index (χ3n) is 7.77. The van der Waals surface area contributed by atoms with Crippen molar-refractivity contribution in [2.75, 3.05) is 44.6 Å². The molecule has 15 heteroatoms. The molecule has 2 unspecified atom stereocenters. The van der Waals surface area contributed by atoms with Gasteiger partial charge in [-0.15, -0.1) is 12.4 Å². The first kappa shape index (κ1) is 30.8. The summed E-state index contributed by atoms with van der Waals surface area (Å²) in [6.45, 7) is 6.19. The van der Waals surface area contributed by atoms with E-state index in [1.54, 1.807) is 24.8 Å². The van der Waals surface area contributed by atoms with Crippen molar-refractivity contribution >= 4 is 30.2 Å². The third kappa shape index (κ3) is 6.66. The molecule has 224 valence electrons. The summed E-state index contributed by atoms with van der Waals surface area (Å²) in [4.78, 5) is 46.9. The quantitative estimate of drug-likeness (QED) is 0.473. The summed E-state index contributed by atoms with van der Waals surface area (Å²) in [5.41, 5.74) is 9.60. The Labute approximate surface area is 241 Å². The summed E-state index contributed by atoms with van der Waals surface area (Å²) in [6.07, 6.45) is -3.31. The molecule has 41 heavy (non-hydrogen) atoms. The number of carbonyl (C=O) groups is 2. The van der Waals surface area contributed by atoms with E-state index in [4.69, 9.17) is 11.5 Å². The largest absolute Gasteiger partial charge is 0.416 e. The maximum atomic E-state index is 13.7. The molecule has 11 nitrogen and oxygen atoms in total. The van der Waals surface area contributed by atoms with Crippen LogP contribution in [0.3, 0.4) is 0 Å². The summed E-state index contributed by atoms with van der Waals surface area (Å²) in [6, 6.07) is 4.58. The second-order valence-corrected chi connectivity index (χ2v) is 11.4. The molecule has 2 atom stereocenters. The van der Waals surface area contributed by atoms with Crippen LogP contribution in [0.2, 0.25) is 0 Å². The number of urea groups is 1. The standard InChI is InChI=1S/C26H33F3N8O3.ClH/c1-25(2,31)22(38)35-5-7-36(8-6-35)23(39)32-20-3-4-37(24(40)33-20)17-10-15(9-16(11-17)26(27,28)29)12-34-13-18-19(14-34)21(18)30;/h3-4,9-11,18-19,21H,5-8,12-14,30-31H2,1-2H3,(H,32,33,39,40);1H. The number of aromatic nitrogens is 2. The summed E-state index contributed by atoms with van der Waals surface area (Å²) < 4.78 is 42.1. The average Bonchev–Trinajstić information content (AvgIpc) is 3.26. The Kier molecular flexibility index (Phi) is 8.42. The van der Waals surface area contributed by atoms with E-state index in [9.17, 15) is 27.6 Å². The van der Waals surface area contributed by atoms with Gasteiger partial charge >= 0.3 is 17.9 Å². The first-order chi connectivity index (χ1) is 18.7. The summed E-state index contributed by atoms with van der Waals surface area (Å²) in [5, 5.41) is 2.55. The topological polar surface area (TPSA) is 143 Å². The predicted molar refractivity (Wildman–Crippen MR) is 148 cm³/mol. The van der Waals surface area contributed by atoms with E-state index in [0.29, 0.717) is 37.0 Å². The van der Waals surface area contributed by atoms with Crippen LogP contribution in [0.1, 0.15) is 25.0 Å². The Bertz CT molecular complexity index is 1360. The number of fused-ring (bicyclic) bond motifs is 1. The Morgan fingerprint density at radius 3 is 2.22 bits per heavy atom. The number of benzene rings is 1. The zero-order valence-corrected chi connectivity index (χ0v) is 23.5. The number of alkyl halides is 3. The van der Waals surface area contributed by atoms with Crippen LogP contribution in [0.5, 0.6) is 0 Å². The second-order valence-electron chi connectivity index (χ2n) is 11.4. The number of amides is 3. The van der Waals surface area contributed by atoms with Crippen molar-refractivity contribution in [3.63, 3.8) is 0 Å². The molecule has 2 saturated heterocycles. The van der Waals surface area contributed by atoms with Gasteiger partial charge < -0.3 is 21.3 Å². The van der Waals surface area contributed by atoms with Crippen molar-refractivity contribution in [1.82, 2.24) is 24.3 Å². The third-order valence-corrected chi connectivity index (χ3v) is 7.77. The molecule has 5 rings (SSSR count). The number of anilines is 1. The molecular formula is C26H34ClF3N8O3. The van der Waals surface area contributed by atoms with E-state index in [2.05, 4.69) is 15.2 Å². The van der Waals surface area contributed by atoms with Crippen molar-refractivity contribution in [3.8, 4) is 5.69 Å². The lowest BCUT2D eigenvalue weighted by Gasteiger charge is -2.37. The van der Waals surface area contributed by atoms with Gasteiger partial charge in [0, 0.05) is 58.1 Å². The van der Waals surface area contributed by atoms with Crippen LogP contribution in [0, 0.1) is 11.8 Å². The molecule has 3 amide bonds. The van der Waals surface area contributed by atoms with Gasteiger partial charge in [0.25, 0.3) is 0 Å². The van der Waals surface area contributed by atoms with Crippen LogP contribution in [-0.4, -0.2) is 87.0 Å². The fourth-order valence-electron chi connectivity index (χ4n) is 5.49. The minimum Gasteiger partial charge on any atom is -0.338 e. The Morgan fingerprint density at radius 2 is 1.66 bits per heavy atom. The van der Waals surface area contributed by atoms with Crippen molar-refractivity contribution < 1.29 is 22.8 Å². The molecule has 1 aliphatic carbocycles. The first-order valence-corrected chi connectivity index (χ1v) is 13.1. The summed E-state index contributed by atoms with van der Waals surface area (Å²) in [5.74, 6) is 0.540. The lowest BCUT2D eigenvalue weighted by atomic mass is 10.1. The van der Waals surface area contributed by atoms with Gasteiger partial charge in [0.2, 0.25) is 5.91 Å². The van der Waals surface area contributed by atoms with Crippen LogP contribution in [0.25, 0.3) is 5.69 Å². The number of carbonyl (C=O) groups excluding carboxylic acids is 2. The average molecular weight is 599 g/mol. The van der Waals surface area contributed by atoms with E-state index in [0.717, 1.165) is 29.8 Å². The smallest absolute Gasteiger partial charge is 0.338 e. The highest BCUT2D eigenvalue weighted by molar-refractivity contribution is 5.89. The van der Waals surface area contributed by atoms with Gasteiger partial charge in [0.1, 0.15) is 5.82 Å². The minimum atomic E-state index is -4.60. The zero-order chi connectivity index (χ0) is 29.0. The van der Waals surface area contributed by atoms with Gasteiger partial charge in [-0.05, 0) is 55.5 Å². The first-order valence-electron chi connectivity index (χ1n) is 13.1. The minimum absolute atomic E-state index is 0. The molecule has 1 saturated carbocycles. The van der Waals surface area contributed by atoms with Crippen LogP contribution >= 0.6 is 12.4 Å². The molecule has 0 bridgehead atoms. The van der Waals surface area contributed by atoms with Crippen LogP contribution in [0.4, 0.5) is 23.8 Å². The van der Waals surface area contributed by atoms with Crippen molar-refractivity contribution in [2.45, 2.75) is 38.1 Å². The molecule has 1 aromatic carbocycles. The number of nitrogens with one attached hydrogen (secondary N) is 1. The number of hydrogen-bond acceptors (Lipinski definition) is 7. The van der Waals surface area contributed by atoms with Gasteiger partial charge in [-0.3, -0.25) is 19.6 Å². The molecule has 3 heterocycles. The lowest BCUT2D eigenvalue weighted by Crippen LogP contribution is -2.58. The van der Waals surface area contributed by atoms with Crippen molar-refractivity contribution in [1.29, 1.82) is 0 Å². The Balaban J connectivity index is 0.00000387. The summed E-state index contributed by atoms with van der Waals surface area (Å²) >= 11 is 0. The number of nitrogens with zero attached hydrogens (tertiary/aromatic N) is 5. The monoisotopic (exact) mass is 598 g/mol. The number of rotatable bonds is 5. The van der Waals surface area contributed by atoms with Crippen molar-refractivity contribution in [2.24, 2.45) is 23.3 Å². The number of piperazine rings is 1. The molecule has 3 aliphatic rings. The Morgan fingerprint density at radius 1 is 1.05 bits per heavy atom. The molecule has 1 aromatic heterocycles. The number of nitrogens with two attached hydrogens (primary N) is 2. The van der Waals surface area contributed by atoms with Crippen molar-refractivity contribution in [3.05, 3.63) is 52.1 Å². The maximum absolute atomic E-state index is 13.7. The SMILES string of the molecule is CC(C)(N)C(=O)N1CCN(C(=O)Nc2ccn(-c3cc(CN4CC5C(N)C5C4)cc(C(F)(F)F)c3)c(=O)n2)CC1.Cl. The van der Waals surface area contributed by atoms with Gasteiger partial charge in [0.15, 0.2) is 0 Å². The zero-order valence-electron chi connectivity index (χ0n) is 22.7. The molecule has 2 aliphatic heterocycles. The molecule has 0 spiro atoms. The highest BCUT2D eigenvalue weighted by atomic mass is 35.5. The van der Waals surface area contributed by atoms with E-state index in [-0.39, 0.29) is 49.0 Å². The van der Waals surface area contributed by atoms with Gasteiger partial charge in [-0.2, -0.15) is 18.2 Å². The van der Waals surface area contributed by atoms with E-state index >= 15 is 0 Å². The molecule has 3 fully saturated rings. The highest BCUT2D eigenvalue weighted by Crippen LogP contribution is 2.44. The van der Waals surface area contributed by atoms with Gasteiger partial charge in [-0.1, -0.05) is 0 Å². The summed E-state index contributed by atoms with van der Waals surface area (Å²) in [7, 11) is 0. The molecule has 5 N–H and O–H groups in total. The van der Waals surface area contributed by atoms with Crippen LogP contribution < -0.4 is 22.5 Å². The lowest BCUT2D eigenvalue weighted by molar-refractivity contribution is -0.138. The fraction of sp³-hybridized carbons (Fsp3) is 0.538. The van der Waals surface area contributed by atoms with Crippen LogP contribution in [-0.2, 0) is 17.5 Å². The normalized spacial score (nSPS) is 22.7. The number of piperidine rings is 1. The number of hydrogen-bond donors (Lipinski definition) is 3. The van der Waals surface area contributed by atoms with E-state index in [1.165, 1.54) is 17.2 Å². The predicted octanol–water partition coefficient (Wildman–Crippen LogP) is 1.48. The molecular weight excluding hydrogens is 565 g/mol. The highest BCUT2D eigenvalue weighted by Gasteiger charge is 2.53. The molecule has 0 radical (unpaired) electrons. The van der Waals surface area contributed by atoms with Gasteiger partial charge in [-0.25, -0.2) is 9.59 Å². The number of halogens is 4. The second kappa shape index (κ2) is 11.2. The van der Waals surface area contributed by atoms with E-state index in [1.807, 2.05) is 0 Å².